The number of allylic oxidation sites excluding steroid dienone is 2. The van der Waals surface area contributed by atoms with E-state index in [2.05, 4.69) is 0 Å². The Morgan fingerprint density at radius 2 is 1.60 bits per heavy atom. The monoisotopic (exact) mass is 594 g/mol. The molecule has 3 aromatic rings. The molecule has 0 unspecified atom stereocenters. The molecule has 2 aliphatic rings. The Bertz CT molecular complexity index is 1670. The van der Waals surface area contributed by atoms with Crippen LogP contribution in [-0.4, -0.2) is 31.9 Å². The maximum atomic E-state index is 15.4. The van der Waals surface area contributed by atoms with Gasteiger partial charge in [0.25, 0.3) is 0 Å². The highest BCUT2D eigenvalue weighted by atomic mass is 19.4. The van der Waals surface area contributed by atoms with Crippen molar-refractivity contribution < 1.29 is 41.4 Å². The summed E-state index contributed by atoms with van der Waals surface area (Å²) >= 11 is 0. The number of rotatable bonds is 5. The van der Waals surface area contributed by atoms with Gasteiger partial charge in [-0.3, -0.25) is 14.5 Å². The number of hydrogen-bond donors (Lipinski definition) is 1. The summed E-state index contributed by atoms with van der Waals surface area (Å²) in [6.07, 6.45) is -4.80. The number of halogens is 4. The van der Waals surface area contributed by atoms with Crippen molar-refractivity contribution in [2.75, 3.05) is 19.1 Å². The van der Waals surface area contributed by atoms with E-state index in [1.807, 2.05) is 0 Å². The van der Waals surface area contributed by atoms with E-state index < -0.39 is 53.0 Å². The molecule has 0 saturated carbocycles. The van der Waals surface area contributed by atoms with Gasteiger partial charge in [0.2, 0.25) is 0 Å². The molecule has 0 aromatic heterocycles. The molecule has 11 heteroatoms. The number of Topliss-reactive ketones (excluding diaryl/α,β-unsaturated/α-hetero) is 1. The zero-order chi connectivity index (χ0) is 31.1. The Morgan fingerprint density at radius 3 is 2.23 bits per heavy atom. The van der Waals surface area contributed by atoms with Gasteiger partial charge in [-0.25, -0.2) is 9.18 Å². The highest BCUT2D eigenvalue weighted by Gasteiger charge is 2.51. The second kappa shape index (κ2) is 11.4. The van der Waals surface area contributed by atoms with Crippen molar-refractivity contribution in [3.8, 4) is 0 Å². The number of carbonyl (C=O) groups is 3. The zero-order valence-corrected chi connectivity index (χ0v) is 23.0. The smallest absolute Gasteiger partial charge is 0.416 e. The second-order valence-corrected chi connectivity index (χ2v) is 10.1. The van der Waals surface area contributed by atoms with Crippen LogP contribution in [0.4, 0.5) is 23.2 Å². The number of alkyl halides is 3. The van der Waals surface area contributed by atoms with Gasteiger partial charge in [0, 0.05) is 28.4 Å². The standard InChI is InChI=1S/C32H26F4N2O5/c1-42-30(40)25-21(17-9-4-3-5-10-17)16-23-26(28(25)39)24(20-13-6-7-14-22(20)33)27(31(41)43-2)29(37)38(23)19-12-8-11-18(15-19)32(34,35)36/h3-15,21,24-25H,16,37H2,1-2H3/t21-,24+,25+/m0/s1. The Hall–Kier alpha value is -4.93. The normalized spacial score (nSPS) is 20.6. The molecule has 0 fully saturated rings. The van der Waals surface area contributed by atoms with Crippen molar-refractivity contribution in [2.24, 2.45) is 11.7 Å². The van der Waals surface area contributed by atoms with Crippen molar-refractivity contribution in [3.05, 3.63) is 124 Å². The lowest BCUT2D eigenvalue weighted by molar-refractivity contribution is -0.150. The number of nitrogens with two attached hydrogens (primary N) is 1. The number of ether oxygens (including phenoxy) is 2. The summed E-state index contributed by atoms with van der Waals surface area (Å²) in [5.74, 6) is -7.41. The van der Waals surface area contributed by atoms with E-state index in [9.17, 15) is 27.6 Å². The van der Waals surface area contributed by atoms with Crippen molar-refractivity contribution in [1.82, 2.24) is 0 Å². The molecule has 2 N–H and O–H groups in total. The minimum Gasteiger partial charge on any atom is -0.468 e. The van der Waals surface area contributed by atoms with E-state index in [1.165, 1.54) is 35.2 Å². The Balaban J connectivity index is 1.86. The molecule has 0 bridgehead atoms. The SMILES string of the molecule is COC(=O)C1=C(N)N(c2cccc(C(F)(F)F)c2)C2=C(C(=O)[C@H](C(=O)OC)[C@H](c3ccccc3)C2)[C@H]1c1ccccc1F. The molecule has 7 nitrogen and oxygen atoms in total. The quantitative estimate of drug-likeness (QED) is 0.234. The third-order valence-corrected chi connectivity index (χ3v) is 7.77. The van der Waals surface area contributed by atoms with Crippen LogP contribution in [0.3, 0.4) is 0 Å². The number of ketones is 1. The molecule has 0 amide bonds. The second-order valence-electron chi connectivity index (χ2n) is 10.1. The van der Waals surface area contributed by atoms with Gasteiger partial charge in [0.15, 0.2) is 5.78 Å². The van der Waals surface area contributed by atoms with Crippen molar-refractivity contribution in [1.29, 1.82) is 0 Å². The summed E-state index contributed by atoms with van der Waals surface area (Å²) < 4.78 is 66.8. The largest absolute Gasteiger partial charge is 0.468 e. The van der Waals surface area contributed by atoms with Crippen LogP contribution in [-0.2, 0) is 30.0 Å². The maximum absolute atomic E-state index is 15.4. The first kappa shape index (κ1) is 29.6. The highest BCUT2D eigenvalue weighted by molar-refractivity contribution is 6.14. The fraction of sp³-hybridized carbons (Fsp3) is 0.219. The number of carbonyl (C=O) groups excluding carboxylic acids is 3. The molecule has 0 spiro atoms. The van der Waals surface area contributed by atoms with Crippen LogP contribution in [0.2, 0.25) is 0 Å². The van der Waals surface area contributed by atoms with Gasteiger partial charge in [-0.1, -0.05) is 54.6 Å². The third kappa shape index (κ3) is 5.15. The van der Waals surface area contributed by atoms with E-state index in [0.717, 1.165) is 32.4 Å². The maximum Gasteiger partial charge on any atom is 0.416 e. The molecule has 222 valence electrons. The Morgan fingerprint density at radius 1 is 0.930 bits per heavy atom. The number of nitrogens with zero attached hydrogens (tertiary/aromatic N) is 1. The predicted molar refractivity (Wildman–Crippen MR) is 148 cm³/mol. The average molecular weight is 595 g/mol. The van der Waals surface area contributed by atoms with E-state index in [0.29, 0.717) is 5.56 Å². The van der Waals surface area contributed by atoms with Crippen LogP contribution >= 0.6 is 0 Å². The lowest BCUT2D eigenvalue weighted by atomic mass is 9.67. The summed E-state index contributed by atoms with van der Waals surface area (Å²) in [5.41, 5.74) is 5.58. The first-order valence-electron chi connectivity index (χ1n) is 13.2. The summed E-state index contributed by atoms with van der Waals surface area (Å²) in [6.45, 7) is 0. The summed E-state index contributed by atoms with van der Waals surface area (Å²) in [5, 5.41) is 0. The summed E-state index contributed by atoms with van der Waals surface area (Å²) in [4.78, 5) is 42.2. The van der Waals surface area contributed by atoms with Crippen LogP contribution in [0.5, 0.6) is 0 Å². The van der Waals surface area contributed by atoms with Gasteiger partial charge in [-0.05, 0) is 36.2 Å². The highest BCUT2D eigenvalue weighted by Crippen LogP contribution is 2.52. The van der Waals surface area contributed by atoms with Gasteiger partial charge in [0.05, 0.1) is 31.3 Å². The summed E-state index contributed by atoms with van der Waals surface area (Å²) in [7, 11) is 2.19. The lowest BCUT2D eigenvalue weighted by Crippen LogP contribution is -2.46. The molecule has 1 aliphatic carbocycles. The first-order valence-corrected chi connectivity index (χ1v) is 13.2. The number of hydrogen-bond acceptors (Lipinski definition) is 7. The molecule has 1 heterocycles. The third-order valence-electron chi connectivity index (χ3n) is 7.77. The summed E-state index contributed by atoms with van der Waals surface area (Å²) in [6, 6.07) is 18.3. The Kier molecular flexibility index (Phi) is 7.83. The molecule has 43 heavy (non-hydrogen) atoms. The van der Waals surface area contributed by atoms with E-state index in [1.54, 1.807) is 30.3 Å². The van der Waals surface area contributed by atoms with Crippen LogP contribution in [0.15, 0.2) is 102 Å². The minimum atomic E-state index is -4.71. The van der Waals surface area contributed by atoms with Crippen LogP contribution in [0.25, 0.3) is 0 Å². The van der Waals surface area contributed by atoms with Crippen molar-refractivity contribution >= 4 is 23.4 Å². The van der Waals surface area contributed by atoms with E-state index in [-0.39, 0.29) is 40.3 Å². The molecule has 1 aliphatic heterocycles. The van der Waals surface area contributed by atoms with Crippen LogP contribution in [0.1, 0.15) is 34.9 Å². The molecule has 3 aromatic carbocycles. The molecule has 3 atom stereocenters. The van der Waals surface area contributed by atoms with Gasteiger partial charge >= 0.3 is 18.1 Å². The first-order chi connectivity index (χ1) is 20.5. The van der Waals surface area contributed by atoms with Gasteiger partial charge in [0.1, 0.15) is 17.6 Å². The fourth-order valence-electron chi connectivity index (χ4n) is 5.88. The average Bonchev–Trinajstić information content (AvgIpc) is 3.00. The predicted octanol–water partition coefficient (Wildman–Crippen LogP) is 5.59. The van der Waals surface area contributed by atoms with E-state index >= 15 is 4.39 Å². The molecular weight excluding hydrogens is 568 g/mol. The number of benzene rings is 3. The van der Waals surface area contributed by atoms with Crippen molar-refractivity contribution in [2.45, 2.75) is 24.4 Å². The molecule has 0 saturated heterocycles. The zero-order valence-electron chi connectivity index (χ0n) is 23.0. The molecule has 0 radical (unpaired) electrons. The van der Waals surface area contributed by atoms with Crippen LogP contribution in [0, 0.1) is 11.7 Å². The number of methoxy groups -OCH3 is 2. The van der Waals surface area contributed by atoms with Gasteiger partial charge in [-0.2, -0.15) is 13.2 Å². The van der Waals surface area contributed by atoms with Crippen molar-refractivity contribution in [3.63, 3.8) is 0 Å². The van der Waals surface area contributed by atoms with E-state index in [4.69, 9.17) is 15.2 Å². The molecular formula is C32H26F4N2O5. The van der Waals surface area contributed by atoms with Crippen LogP contribution < -0.4 is 10.6 Å². The molecule has 5 rings (SSSR count). The fourth-order valence-corrected chi connectivity index (χ4v) is 5.88. The van der Waals surface area contributed by atoms with Gasteiger partial charge < -0.3 is 15.2 Å². The minimum absolute atomic E-state index is 0.0821. The topological polar surface area (TPSA) is 98.9 Å². The lowest BCUT2D eigenvalue weighted by Gasteiger charge is -2.44. The van der Waals surface area contributed by atoms with Gasteiger partial charge in [-0.15, -0.1) is 0 Å². The number of anilines is 1. The number of esters is 2. The Labute approximate surface area is 244 Å².